The fraction of sp³-hybridized carbons (Fsp3) is 0.647. The van der Waals surface area contributed by atoms with Gasteiger partial charge in [0.15, 0.2) is 17.5 Å². The fourth-order valence-corrected chi connectivity index (χ4v) is 2.54. The Morgan fingerprint density at radius 2 is 1.48 bits per heavy atom. The van der Waals surface area contributed by atoms with E-state index in [-0.39, 0.29) is 6.04 Å². The Balaban J connectivity index is 2.56. The Kier molecular flexibility index (Phi) is 8.43. The number of nitrogens with one attached hydrogen (secondary N) is 1. The molecule has 1 atom stereocenters. The number of rotatable bonds is 10. The van der Waals surface area contributed by atoms with Gasteiger partial charge in [-0.15, -0.1) is 0 Å². The number of hydrogen-bond acceptors (Lipinski definition) is 1. The second kappa shape index (κ2) is 9.82. The monoisotopic (exact) mass is 301 g/mol. The highest BCUT2D eigenvalue weighted by atomic mass is 19.2. The molecule has 0 radical (unpaired) electrons. The van der Waals surface area contributed by atoms with Crippen molar-refractivity contribution >= 4 is 0 Å². The third kappa shape index (κ3) is 6.08. The maximum Gasteiger partial charge on any atom is 0.194 e. The summed E-state index contributed by atoms with van der Waals surface area (Å²) in [5.41, 5.74) is 0.488. The lowest BCUT2D eigenvalue weighted by atomic mass is 9.99. The molecule has 0 saturated heterocycles. The van der Waals surface area contributed by atoms with E-state index in [1.54, 1.807) is 0 Å². The van der Waals surface area contributed by atoms with Crippen LogP contribution in [0.4, 0.5) is 13.2 Å². The summed E-state index contributed by atoms with van der Waals surface area (Å²) in [6.45, 7) is 4.84. The number of hydrogen-bond donors (Lipinski definition) is 1. The Hall–Kier alpha value is -1.03. The van der Waals surface area contributed by atoms with E-state index in [0.29, 0.717) is 12.1 Å². The van der Waals surface area contributed by atoms with E-state index in [9.17, 15) is 13.2 Å². The second-order valence-electron chi connectivity index (χ2n) is 5.47. The minimum absolute atomic E-state index is 0.120. The number of unbranched alkanes of at least 4 members (excludes halogenated alkanes) is 5. The molecule has 0 aromatic heterocycles. The SMILES string of the molecule is CCCCCCCCC(NCC)c1cc(F)c(F)c(F)c1. The van der Waals surface area contributed by atoms with Crippen molar-refractivity contribution in [3.05, 3.63) is 35.1 Å². The predicted molar refractivity (Wildman–Crippen MR) is 80.7 cm³/mol. The molecule has 120 valence electrons. The van der Waals surface area contributed by atoms with Crippen LogP contribution in [0.2, 0.25) is 0 Å². The molecule has 1 aromatic carbocycles. The van der Waals surface area contributed by atoms with Gasteiger partial charge in [0.2, 0.25) is 0 Å². The van der Waals surface area contributed by atoms with Crippen molar-refractivity contribution in [1.29, 1.82) is 0 Å². The van der Waals surface area contributed by atoms with Gasteiger partial charge in [0.25, 0.3) is 0 Å². The van der Waals surface area contributed by atoms with Gasteiger partial charge in [-0.2, -0.15) is 0 Å². The lowest BCUT2D eigenvalue weighted by Crippen LogP contribution is -2.21. The van der Waals surface area contributed by atoms with Gasteiger partial charge in [0, 0.05) is 6.04 Å². The first-order valence-corrected chi connectivity index (χ1v) is 7.98. The van der Waals surface area contributed by atoms with Crippen molar-refractivity contribution in [2.75, 3.05) is 6.54 Å². The topological polar surface area (TPSA) is 12.0 Å². The molecule has 1 unspecified atom stereocenters. The van der Waals surface area contributed by atoms with Gasteiger partial charge < -0.3 is 5.32 Å². The molecular weight excluding hydrogens is 275 g/mol. The molecule has 0 bridgehead atoms. The molecule has 0 aliphatic carbocycles. The fourth-order valence-electron chi connectivity index (χ4n) is 2.54. The lowest BCUT2D eigenvalue weighted by molar-refractivity contribution is 0.432. The van der Waals surface area contributed by atoms with Crippen LogP contribution in [0.5, 0.6) is 0 Å². The first-order chi connectivity index (χ1) is 10.1. The zero-order valence-electron chi connectivity index (χ0n) is 13.0. The third-order valence-electron chi connectivity index (χ3n) is 3.71. The second-order valence-corrected chi connectivity index (χ2v) is 5.47. The Morgan fingerprint density at radius 3 is 2.05 bits per heavy atom. The van der Waals surface area contributed by atoms with Crippen LogP contribution in [0, 0.1) is 17.5 Å². The third-order valence-corrected chi connectivity index (χ3v) is 3.71. The van der Waals surface area contributed by atoms with Gasteiger partial charge in [0.1, 0.15) is 0 Å². The minimum atomic E-state index is -1.39. The molecule has 0 heterocycles. The molecule has 21 heavy (non-hydrogen) atoms. The molecule has 0 amide bonds. The van der Waals surface area contributed by atoms with E-state index in [1.807, 2.05) is 6.92 Å². The van der Waals surface area contributed by atoms with Crippen molar-refractivity contribution in [3.8, 4) is 0 Å². The Bertz CT molecular complexity index is 397. The van der Waals surface area contributed by atoms with Crippen LogP contribution >= 0.6 is 0 Å². The molecule has 0 spiro atoms. The minimum Gasteiger partial charge on any atom is -0.310 e. The summed E-state index contributed by atoms with van der Waals surface area (Å²) in [4.78, 5) is 0. The summed E-state index contributed by atoms with van der Waals surface area (Å²) in [6, 6.07) is 2.08. The van der Waals surface area contributed by atoms with E-state index in [2.05, 4.69) is 12.2 Å². The largest absolute Gasteiger partial charge is 0.310 e. The van der Waals surface area contributed by atoms with Crippen molar-refractivity contribution in [3.63, 3.8) is 0 Å². The van der Waals surface area contributed by atoms with Crippen molar-refractivity contribution < 1.29 is 13.2 Å². The maximum absolute atomic E-state index is 13.3. The van der Waals surface area contributed by atoms with Crippen molar-refractivity contribution in [1.82, 2.24) is 5.32 Å². The summed E-state index contributed by atoms with van der Waals surface area (Å²) in [7, 11) is 0. The standard InChI is InChI=1S/C17H26F3N/c1-3-5-6-7-8-9-10-16(21-4-2)13-11-14(18)17(20)15(19)12-13/h11-12,16,21H,3-10H2,1-2H3. The average Bonchev–Trinajstić information content (AvgIpc) is 2.46. The van der Waals surface area contributed by atoms with Gasteiger partial charge in [-0.05, 0) is 30.7 Å². The van der Waals surface area contributed by atoms with Crippen molar-refractivity contribution in [2.45, 2.75) is 64.8 Å². The molecule has 0 saturated carbocycles. The molecule has 1 rings (SSSR count). The van der Waals surface area contributed by atoms with Gasteiger partial charge in [-0.25, -0.2) is 13.2 Å². The molecule has 0 fully saturated rings. The molecule has 1 N–H and O–H groups in total. The first-order valence-electron chi connectivity index (χ1n) is 7.98. The van der Waals surface area contributed by atoms with Crippen LogP contribution < -0.4 is 5.32 Å². The van der Waals surface area contributed by atoms with E-state index in [1.165, 1.54) is 25.7 Å². The van der Waals surface area contributed by atoms with E-state index in [4.69, 9.17) is 0 Å². The van der Waals surface area contributed by atoms with E-state index < -0.39 is 17.5 Å². The first kappa shape index (κ1) is 18.0. The molecule has 4 heteroatoms. The highest BCUT2D eigenvalue weighted by molar-refractivity contribution is 5.22. The van der Waals surface area contributed by atoms with E-state index >= 15 is 0 Å². The van der Waals surface area contributed by atoms with Crippen LogP contribution in [-0.2, 0) is 0 Å². The molecule has 1 nitrogen and oxygen atoms in total. The molecule has 0 aliphatic rings. The zero-order valence-corrected chi connectivity index (χ0v) is 13.0. The Labute approximate surface area is 125 Å². The van der Waals surface area contributed by atoms with Gasteiger partial charge in [-0.1, -0.05) is 52.4 Å². The Morgan fingerprint density at radius 1 is 0.905 bits per heavy atom. The van der Waals surface area contributed by atoms with Crippen LogP contribution in [0.25, 0.3) is 0 Å². The number of benzene rings is 1. The highest BCUT2D eigenvalue weighted by Gasteiger charge is 2.16. The molecule has 1 aromatic rings. The zero-order chi connectivity index (χ0) is 15.7. The van der Waals surface area contributed by atoms with Gasteiger partial charge in [-0.3, -0.25) is 0 Å². The number of halogens is 3. The summed E-state index contributed by atoms with van der Waals surface area (Å²) < 4.78 is 39.7. The summed E-state index contributed by atoms with van der Waals surface area (Å²) >= 11 is 0. The van der Waals surface area contributed by atoms with E-state index in [0.717, 1.165) is 31.4 Å². The highest BCUT2D eigenvalue weighted by Crippen LogP contribution is 2.24. The van der Waals surface area contributed by atoms with Gasteiger partial charge >= 0.3 is 0 Å². The predicted octanol–water partition coefficient (Wildman–Crippen LogP) is 5.51. The summed E-state index contributed by atoms with van der Waals surface area (Å²) in [5, 5.41) is 3.22. The molecular formula is C17H26F3N. The maximum atomic E-state index is 13.3. The van der Waals surface area contributed by atoms with Crippen molar-refractivity contribution in [2.24, 2.45) is 0 Å². The lowest BCUT2D eigenvalue weighted by Gasteiger charge is -2.19. The van der Waals surface area contributed by atoms with Crippen LogP contribution in [0.1, 0.15) is 70.4 Å². The quantitative estimate of drug-likeness (QED) is 0.444. The summed E-state index contributed by atoms with van der Waals surface area (Å²) in [6.07, 6.45) is 7.83. The van der Waals surface area contributed by atoms with Crippen LogP contribution in [0.3, 0.4) is 0 Å². The normalized spacial score (nSPS) is 12.6. The smallest absolute Gasteiger partial charge is 0.194 e. The van der Waals surface area contributed by atoms with Gasteiger partial charge in [0.05, 0.1) is 0 Å². The van der Waals surface area contributed by atoms with Crippen LogP contribution in [-0.4, -0.2) is 6.54 Å². The van der Waals surface area contributed by atoms with Crippen LogP contribution in [0.15, 0.2) is 12.1 Å². The summed E-state index contributed by atoms with van der Waals surface area (Å²) in [5.74, 6) is -3.62. The molecule has 0 aliphatic heterocycles. The average molecular weight is 301 g/mol.